The van der Waals surface area contributed by atoms with Gasteiger partial charge in [0.25, 0.3) is 10.0 Å². The van der Waals surface area contributed by atoms with Gasteiger partial charge < -0.3 is 15.1 Å². The van der Waals surface area contributed by atoms with Gasteiger partial charge in [-0.1, -0.05) is 11.6 Å². The molecule has 8 nitrogen and oxygen atoms in total. The van der Waals surface area contributed by atoms with E-state index in [4.69, 9.17) is 11.6 Å². The lowest BCUT2D eigenvalue weighted by atomic mass is 10.0. The van der Waals surface area contributed by atoms with Gasteiger partial charge in [-0.25, -0.2) is 8.42 Å². The number of amides is 2. The van der Waals surface area contributed by atoms with Crippen molar-refractivity contribution in [3.8, 4) is 0 Å². The molecule has 0 aromatic heterocycles. The fourth-order valence-corrected chi connectivity index (χ4v) is 6.77. The smallest absolute Gasteiger partial charge is 0.264 e. The zero-order chi connectivity index (χ0) is 22.5. The molecule has 4 rings (SSSR count). The van der Waals surface area contributed by atoms with E-state index in [2.05, 4.69) is 17.3 Å². The molecule has 0 aliphatic carbocycles. The molecule has 1 N–H and O–H groups in total. The van der Waals surface area contributed by atoms with Crippen molar-refractivity contribution in [2.24, 2.45) is 11.8 Å². The number of carbonyl (C=O) groups excluding carboxylic acids is 2. The van der Waals surface area contributed by atoms with Gasteiger partial charge in [-0.15, -0.1) is 0 Å². The lowest BCUT2D eigenvalue weighted by molar-refractivity contribution is -0.135. The molecule has 0 unspecified atom stereocenters. The second-order valence-electron chi connectivity index (χ2n) is 8.79. The number of sulfonamides is 1. The molecule has 3 atom stereocenters. The summed E-state index contributed by atoms with van der Waals surface area (Å²) in [6.45, 7) is 6.60. The molecule has 2 saturated heterocycles. The lowest BCUT2D eigenvalue weighted by Crippen LogP contribution is -2.51. The maximum Gasteiger partial charge on any atom is 0.264 e. The molecule has 2 amide bonds. The Morgan fingerprint density at radius 3 is 2.42 bits per heavy atom. The minimum absolute atomic E-state index is 0.0740. The molecule has 31 heavy (non-hydrogen) atoms. The van der Waals surface area contributed by atoms with Crippen LogP contribution in [0.3, 0.4) is 0 Å². The van der Waals surface area contributed by atoms with Crippen molar-refractivity contribution in [3.63, 3.8) is 0 Å². The van der Waals surface area contributed by atoms with Crippen LogP contribution in [-0.2, 0) is 19.6 Å². The van der Waals surface area contributed by atoms with Crippen molar-refractivity contribution < 1.29 is 18.0 Å². The van der Waals surface area contributed by atoms with Crippen LogP contribution in [0.15, 0.2) is 29.4 Å². The van der Waals surface area contributed by atoms with Crippen LogP contribution in [0.2, 0.25) is 5.02 Å². The summed E-state index contributed by atoms with van der Waals surface area (Å²) in [5.74, 6) is 0.167. The number of nitrogens with one attached hydrogen (secondary N) is 1. The molecule has 1 aromatic rings. The van der Waals surface area contributed by atoms with Crippen molar-refractivity contribution in [2.45, 2.75) is 31.2 Å². The number of aryl methyl sites for hydroxylation is 2. The van der Waals surface area contributed by atoms with Crippen LogP contribution in [0.25, 0.3) is 0 Å². The fourth-order valence-electron chi connectivity index (χ4n) is 4.81. The number of fused-ring (bicyclic) bond motifs is 1. The highest BCUT2D eigenvalue weighted by atomic mass is 35.5. The molecule has 0 radical (unpaired) electrons. The largest absolute Gasteiger partial charge is 0.342 e. The zero-order valence-electron chi connectivity index (χ0n) is 17.8. The molecule has 0 bridgehead atoms. The molecule has 3 aliphatic rings. The predicted molar refractivity (Wildman–Crippen MR) is 117 cm³/mol. The molecule has 1 aromatic carbocycles. The van der Waals surface area contributed by atoms with E-state index in [9.17, 15) is 18.0 Å². The Labute approximate surface area is 187 Å². The molecule has 3 aliphatic heterocycles. The average Bonchev–Trinajstić information content (AvgIpc) is 3.23. The van der Waals surface area contributed by atoms with E-state index < -0.39 is 22.0 Å². The minimum atomic E-state index is -4.06. The number of hydrogen-bond donors (Lipinski definition) is 1. The van der Waals surface area contributed by atoms with E-state index in [1.807, 2.05) is 0 Å². The summed E-state index contributed by atoms with van der Waals surface area (Å²) in [5, 5.41) is 3.01. The van der Waals surface area contributed by atoms with Crippen LogP contribution in [-0.4, -0.2) is 73.6 Å². The Bertz CT molecular complexity index is 1040. The van der Waals surface area contributed by atoms with Crippen LogP contribution in [0.1, 0.15) is 17.5 Å². The highest BCUT2D eigenvalue weighted by Crippen LogP contribution is 2.32. The van der Waals surface area contributed by atoms with Gasteiger partial charge >= 0.3 is 0 Å². The van der Waals surface area contributed by atoms with E-state index in [0.717, 1.165) is 17.4 Å². The standard InChI is InChI=1S/C21H27ClN4O4S/c1-13-7-19(14(2)6-17(13)22)31(29,30)26-5-4-23-21(28)18(26)8-20(27)25-11-15-9-24(3)10-16(15)12-25/h4-7,15-16,18H,8-12H2,1-3H3,(H,23,28)/t15-,16+,18-/m1/s1. The van der Waals surface area contributed by atoms with Crippen molar-refractivity contribution >= 4 is 33.4 Å². The molecular formula is C21H27ClN4O4S. The molecule has 10 heteroatoms. The summed E-state index contributed by atoms with van der Waals surface area (Å²) in [4.78, 5) is 29.7. The molecular weight excluding hydrogens is 440 g/mol. The number of carbonyl (C=O) groups is 2. The molecule has 168 valence electrons. The first-order valence-corrected chi connectivity index (χ1v) is 12.1. The van der Waals surface area contributed by atoms with E-state index >= 15 is 0 Å². The second kappa shape index (κ2) is 8.11. The van der Waals surface area contributed by atoms with E-state index in [0.29, 0.717) is 41.1 Å². The molecule has 2 fully saturated rings. The molecule has 0 saturated carbocycles. The maximum atomic E-state index is 13.4. The third-order valence-corrected chi connectivity index (χ3v) is 8.79. The van der Waals surface area contributed by atoms with E-state index in [1.54, 1.807) is 24.8 Å². The summed E-state index contributed by atoms with van der Waals surface area (Å²) in [6.07, 6.45) is 2.40. The molecule has 3 heterocycles. The Morgan fingerprint density at radius 1 is 1.13 bits per heavy atom. The van der Waals surface area contributed by atoms with Gasteiger partial charge in [0, 0.05) is 43.6 Å². The molecule has 0 spiro atoms. The predicted octanol–water partition coefficient (Wildman–Crippen LogP) is 1.33. The maximum absolute atomic E-state index is 13.4. The summed E-state index contributed by atoms with van der Waals surface area (Å²) in [6, 6.07) is 1.96. The fraction of sp³-hybridized carbons (Fsp3) is 0.524. The zero-order valence-corrected chi connectivity index (χ0v) is 19.4. The van der Waals surface area contributed by atoms with Gasteiger partial charge in [-0.05, 0) is 56.0 Å². The van der Waals surface area contributed by atoms with Crippen LogP contribution in [0.4, 0.5) is 0 Å². The van der Waals surface area contributed by atoms with E-state index in [-0.39, 0.29) is 17.2 Å². The van der Waals surface area contributed by atoms with Gasteiger partial charge in [-0.2, -0.15) is 0 Å². The Hall–Kier alpha value is -2.10. The summed E-state index contributed by atoms with van der Waals surface area (Å²) >= 11 is 6.12. The number of halogens is 1. The highest BCUT2D eigenvalue weighted by molar-refractivity contribution is 7.89. The van der Waals surface area contributed by atoms with Crippen molar-refractivity contribution in [1.82, 2.24) is 19.4 Å². The summed E-state index contributed by atoms with van der Waals surface area (Å²) in [5.41, 5.74) is 1.11. The van der Waals surface area contributed by atoms with E-state index in [1.165, 1.54) is 18.5 Å². The average molecular weight is 467 g/mol. The monoisotopic (exact) mass is 466 g/mol. The van der Waals surface area contributed by atoms with Gasteiger partial charge in [0.15, 0.2) is 0 Å². The Balaban J connectivity index is 1.57. The van der Waals surface area contributed by atoms with Crippen molar-refractivity contribution in [1.29, 1.82) is 0 Å². The first-order chi connectivity index (χ1) is 14.6. The van der Waals surface area contributed by atoms with Gasteiger partial charge in [-0.3, -0.25) is 13.9 Å². The van der Waals surface area contributed by atoms with Crippen LogP contribution >= 0.6 is 11.6 Å². The third-order valence-electron chi connectivity index (χ3n) is 6.46. The second-order valence-corrected chi connectivity index (χ2v) is 11.0. The SMILES string of the molecule is Cc1cc(S(=O)(=O)N2C=CNC(=O)[C@H]2CC(=O)N2C[C@H]3CN(C)C[C@H]3C2)c(C)cc1Cl. The van der Waals surface area contributed by atoms with Crippen molar-refractivity contribution in [3.05, 3.63) is 40.7 Å². The normalized spacial score (nSPS) is 26.3. The Kier molecular flexibility index (Phi) is 5.78. The van der Waals surface area contributed by atoms with Crippen LogP contribution in [0, 0.1) is 25.7 Å². The summed E-state index contributed by atoms with van der Waals surface area (Å²) in [7, 11) is -1.98. The number of likely N-dealkylation sites (tertiary alicyclic amines) is 2. The number of nitrogens with zero attached hydrogens (tertiary/aromatic N) is 3. The first kappa shape index (κ1) is 22.1. The first-order valence-electron chi connectivity index (χ1n) is 10.3. The number of hydrogen-bond acceptors (Lipinski definition) is 5. The highest BCUT2D eigenvalue weighted by Gasteiger charge is 2.43. The van der Waals surface area contributed by atoms with Crippen LogP contribution < -0.4 is 5.32 Å². The van der Waals surface area contributed by atoms with Crippen molar-refractivity contribution in [2.75, 3.05) is 33.2 Å². The topological polar surface area (TPSA) is 90.0 Å². The van der Waals surface area contributed by atoms with Gasteiger partial charge in [0.05, 0.1) is 11.3 Å². The third kappa shape index (κ3) is 4.06. The van der Waals surface area contributed by atoms with Crippen LogP contribution in [0.5, 0.6) is 0 Å². The van der Waals surface area contributed by atoms with Gasteiger partial charge in [0.1, 0.15) is 6.04 Å². The quantitative estimate of drug-likeness (QED) is 0.723. The lowest BCUT2D eigenvalue weighted by Gasteiger charge is -2.32. The minimum Gasteiger partial charge on any atom is -0.342 e. The Morgan fingerprint density at radius 2 is 1.77 bits per heavy atom. The summed E-state index contributed by atoms with van der Waals surface area (Å²) < 4.78 is 27.9. The number of benzene rings is 1. The number of rotatable bonds is 4. The van der Waals surface area contributed by atoms with Gasteiger partial charge in [0.2, 0.25) is 11.8 Å².